The monoisotopic (exact) mass is 361 g/mol. The molecule has 2 amide bonds. The molecule has 6 nitrogen and oxygen atoms in total. The molecule has 2 unspecified atom stereocenters. The van der Waals surface area contributed by atoms with Crippen LogP contribution in [0.25, 0.3) is 0 Å². The standard InChI is InChI=1S/C20H31N3O3/c1-15-13-23(14-16(2)26-15)19-10-7-6-9-18(19)22-20(25)11-5-4-8-12-21-17(3)24/h6-7,9-10,15-16H,4-5,8,11-14H2,1-3H3,(H,21,24)(H,22,25). The van der Waals surface area contributed by atoms with Crippen LogP contribution in [-0.2, 0) is 14.3 Å². The van der Waals surface area contributed by atoms with Gasteiger partial charge >= 0.3 is 0 Å². The minimum absolute atomic E-state index is 0.00824. The lowest BCUT2D eigenvalue weighted by Gasteiger charge is -2.37. The molecule has 0 saturated carbocycles. The number of unbranched alkanes of at least 4 members (excludes halogenated alkanes) is 2. The van der Waals surface area contributed by atoms with Gasteiger partial charge < -0.3 is 20.3 Å². The molecule has 0 aromatic heterocycles. The van der Waals surface area contributed by atoms with Crippen LogP contribution < -0.4 is 15.5 Å². The van der Waals surface area contributed by atoms with Crippen LogP contribution in [0.4, 0.5) is 11.4 Å². The third-order valence-corrected chi connectivity index (χ3v) is 4.39. The summed E-state index contributed by atoms with van der Waals surface area (Å²) in [6.07, 6.45) is 3.47. The minimum atomic E-state index is -0.00824. The molecule has 1 aromatic carbocycles. The van der Waals surface area contributed by atoms with Crippen LogP contribution in [-0.4, -0.2) is 43.7 Å². The van der Waals surface area contributed by atoms with E-state index in [9.17, 15) is 9.59 Å². The Balaban J connectivity index is 1.83. The van der Waals surface area contributed by atoms with Gasteiger partial charge in [0.15, 0.2) is 0 Å². The quantitative estimate of drug-likeness (QED) is 0.699. The van der Waals surface area contributed by atoms with E-state index in [0.29, 0.717) is 13.0 Å². The SMILES string of the molecule is CC(=O)NCCCCCC(=O)Nc1ccccc1N1CC(C)OC(C)C1. The van der Waals surface area contributed by atoms with Crippen molar-refractivity contribution in [3.8, 4) is 0 Å². The maximum atomic E-state index is 12.3. The van der Waals surface area contributed by atoms with Crippen LogP contribution in [0.15, 0.2) is 24.3 Å². The molecule has 1 fully saturated rings. The van der Waals surface area contributed by atoms with E-state index in [0.717, 1.165) is 43.7 Å². The third kappa shape index (κ3) is 6.67. The van der Waals surface area contributed by atoms with Gasteiger partial charge in [-0.05, 0) is 38.8 Å². The van der Waals surface area contributed by atoms with E-state index in [-0.39, 0.29) is 24.0 Å². The number of ether oxygens (including phenoxy) is 1. The Bertz CT molecular complexity index is 596. The predicted molar refractivity (Wildman–Crippen MR) is 104 cm³/mol. The van der Waals surface area contributed by atoms with Crippen LogP contribution in [0.3, 0.4) is 0 Å². The van der Waals surface area contributed by atoms with Crippen molar-refractivity contribution in [3.63, 3.8) is 0 Å². The normalized spacial score (nSPS) is 19.9. The first-order valence-corrected chi connectivity index (χ1v) is 9.49. The number of hydrogen-bond acceptors (Lipinski definition) is 4. The van der Waals surface area contributed by atoms with Crippen molar-refractivity contribution < 1.29 is 14.3 Å². The van der Waals surface area contributed by atoms with Crippen LogP contribution in [0, 0.1) is 0 Å². The summed E-state index contributed by atoms with van der Waals surface area (Å²) in [5.74, 6) is 0.0254. The number of anilines is 2. The number of morpholine rings is 1. The van der Waals surface area contributed by atoms with Crippen LogP contribution in [0.2, 0.25) is 0 Å². The second-order valence-electron chi connectivity index (χ2n) is 7.02. The first-order chi connectivity index (χ1) is 12.5. The molecule has 1 saturated heterocycles. The van der Waals surface area contributed by atoms with Gasteiger partial charge in [0.25, 0.3) is 0 Å². The number of carbonyl (C=O) groups is 2. The number of rotatable bonds is 8. The maximum absolute atomic E-state index is 12.3. The molecule has 1 aromatic rings. The van der Waals surface area contributed by atoms with E-state index in [2.05, 4.69) is 29.4 Å². The molecule has 26 heavy (non-hydrogen) atoms. The highest BCUT2D eigenvalue weighted by Crippen LogP contribution is 2.28. The Labute approximate surface area is 156 Å². The molecule has 1 aliphatic heterocycles. The van der Waals surface area contributed by atoms with E-state index in [4.69, 9.17) is 4.74 Å². The zero-order valence-corrected chi connectivity index (χ0v) is 16.1. The van der Waals surface area contributed by atoms with Gasteiger partial charge in [0, 0.05) is 33.0 Å². The Morgan fingerprint density at radius 1 is 1.12 bits per heavy atom. The van der Waals surface area contributed by atoms with Gasteiger partial charge in [0.05, 0.1) is 23.6 Å². The second kappa shape index (κ2) is 10.2. The third-order valence-electron chi connectivity index (χ3n) is 4.39. The van der Waals surface area contributed by atoms with Crippen molar-refractivity contribution >= 4 is 23.2 Å². The summed E-state index contributed by atoms with van der Waals surface area (Å²) in [6.45, 7) is 7.98. The number of hydrogen-bond donors (Lipinski definition) is 2. The van der Waals surface area contributed by atoms with Crippen molar-refractivity contribution in [2.45, 2.75) is 58.7 Å². The molecule has 2 atom stereocenters. The van der Waals surface area contributed by atoms with Gasteiger partial charge in [-0.3, -0.25) is 9.59 Å². The van der Waals surface area contributed by atoms with Gasteiger partial charge in [-0.2, -0.15) is 0 Å². The van der Waals surface area contributed by atoms with E-state index in [1.54, 1.807) is 0 Å². The van der Waals surface area contributed by atoms with Gasteiger partial charge in [-0.15, -0.1) is 0 Å². The second-order valence-corrected chi connectivity index (χ2v) is 7.02. The van der Waals surface area contributed by atoms with E-state index in [1.807, 2.05) is 24.3 Å². The summed E-state index contributed by atoms with van der Waals surface area (Å²) >= 11 is 0. The average molecular weight is 361 g/mol. The van der Waals surface area contributed by atoms with Crippen LogP contribution >= 0.6 is 0 Å². The number of amides is 2. The molecule has 2 rings (SSSR count). The molecule has 6 heteroatoms. The summed E-state index contributed by atoms with van der Waals surface area (Å²) < 4.78 is 5.80. The first-order valence-electron chi connectivity index (χ1n) is 9.49. The fourth-order valence-electron chi connectivity index (χ4n) is 3.29. The lowest BCUT2D eigenvalue weighted by atomic mass is 10.1. The van der Waals surface area contributed by atoms with Crippen molar-refractivity contribution in [2.75, 3.05) is 29.9 Å². The van der Waals surface area contributed by atoms with Crippen molar-refractivity contribution in [2.24, 2.45) is 0 Å². The van der Waals surface area contributed by atoms with Gasteiger partial charge in [0.2, 0.25) is 11.8 Å². The lowest BCUT2D eigenvalue weighted by Crippen LogP contribution is -2.45. The molecule has 0 spiro atoms. The summed E-state index contributed by atoms with van der Waals surface area (Å²) in [6, 6.07) is 7.94. The molecule has 1 aliphatic rings. The number of nitrogens with zero attached hydrogens (tertiary/aromatic N) is 1. The number of para-hydroxylation sites is 2. The molecule has 144 valence electrons. The summed E-state index contributed by atoms with van der Waals surface area (Å²) in [5.41, 5.74) is 1.91. The maximum Gasteiger partial charge on any atom is 0.224 e. The smallest absolute Gasteiger partial charge is 0.224 e. The number of benzene rings is 1. The topological polar surface area (TPSA) is 70.7 Å². The molecular weight excluding hydrogens is 330 g/mol. The zero-order chi connectivity index (χ0) is 18.9. The molecule has 2 N–H and O–H groups in total. The molecule has 0 aliphatic carbocycles. The molecular formula is C20H31N3O3. The minimum Gasteiger partial charge on any atom is -0.372 e. The first kappa shape index (κ1) is 20.2. The van der Waals surface area contributed by atoms with E-state index < -0.39 is 0 Å². The lowest BCUT2D eigenvalue weighted by molar-refractivity contribution is -0.119. The largest absolute Gasteiger partial charge is 0.372 e. The Morgan fingerprint density at radius 2 is 1.81 bits per heavy atom. The average Bonchev–Trinajstić information content (AvgIpc) is 2.57. The number of nitrogens with one attached hydrogen (secondary N) is 2. The van der Waals surface area contributed by atoms with Crippen LogP contribution in [0.5, 0.6) is 0 Å². The predicted octanol–water partition coefficient (Wildman–Crippen LogP) is 2.94. The fraction of sp³-hybridized carbons (Fsp3) is 0.600. The van der Waals surface area contributed by atoms with Crippen LogP contribution in [0.1, 0.15) is 46.5 Å². The number of carbonyl (C=O) groups excluding carboxylic acids is 2. The van der Waals surface area contributed by atoms with Crippen molar-refractivity contribution in [1.29, 1.82) is 0 Å². The molecule has 0 radical (unpaired) electrons. The van der Waals surface area contributed by atoms with E-state index in [1.165, 1.54) is 6.92 Å². The highest BCUT2D eigenvalue weighted by atomic mass is 16.5. The van der Waals surface area contributed by atoms with Gasteiger partial charge in [0.1, 0.15) is 0 Å². The fourth-order valence-corrected chi connectivity index (χ4v) is 3.29. The van der Waals surface area contributed by atoms with Gasteiger partial charge in [-0.1, -0.05) is 18.6 Å². The Kier molecular flexibility index (Phi) is 7.91. The highest BCUT2D eigenvalue weighted by Gasteiger charge is 2.24. The summed E-state index contributed by atoms with van der Waals surface area (Å²) in [7, 11) is 0. The van der Waals surface area contributed by atoms with Crippen molar-refractivity contribution in [3.05, 3.63) is 24.3 Å². The van der Waals surface area contributed by atoms with Crippen molar-refractivity contribution in [1.82, 2.24) is 5.32 Å². The molecule has 0 bridgehead atoms. The molecule has 1 heterocycles. The zero-order valence-electron chi connectivity index (χ0n) is 16.1. The highest BCUT2D eigenvalue weighted by molar-refractivity contribution is 5.94. The van der Waals surface area contributed by atoms with E-state index >= 15 is 0 Å². The Hall–Kier alpha value is -2.08. The van der Waals surface area contributed by atoms with Gasteiger partial charge in [-0.25, -0.2) is 0 Å². The summed E-state index contributed by atoms with van der Waals surface area (Å²) in [5, 5.41) is 5.82. The Morgan fingerprint density at radius 3 is 2.50 bits per heavy atom. The summed E-state index contributed by atoms with van der Waals surface area (Å²) in [4.78, 5) is 25.4.